The second-order valence-electron chi connectivity index (χ2n) is 6.09. The molecule has 3 aromatic rings. The maximum atomic E-state index is 12.9. The zero-order valence-electron chi connectivity index (χ0n) is 15.2. The van der Waals surface area contributed by atoms with Gasteiger partial charge in [0, 0.05) is 15.1 Å². The van der Waals surface area contributed by atoms with Crippen molar-refractivity contribution < 1.29 is 14.6 Å². The van der Waals surface area contributed by atoms with E-state index in [1.807, 2.05) is 0 Å². The molecule has 0 fully saturated rings. The van der Waals surface area contributed by atoms with Crippen molar-refractivity contribution in [1.29, 1.82) is 0 Å². The number of hydrogen-bond donors (Lipinski definition) is 1. The minimum atomic E-state index is -1.12. The number of aryl methyl sites for hydroxylation is 1. The Hall–Kier alpha value is -2.23. The minimum Gasteiger partial charge on any atom is -0.479 e. The average Bonchev–Trinajstić information content (AvgIpc) is 2.64. The lowest BCUT2D eigenvalue weighted by Gasteiger charge is -2.15. The van der Waals surface area contributed by atoms with Crippen molar-refractivity contribution in [3.05, 3.63) is 66.0 Å². The number of fused-ring (bicyclic) bond motifs is 1. The first-order valence-corrected chi connectivity index (χ1v) is 10.3. The summed E-state index contributed by atoms with van der Waals surface area (Å²) in [7, 11) is 0. The van der Waals surface area contributed by atoms with E-state index in [1.54, 1.807) is 37.3 Å². The molecule has 0 unspecified atom stereocenters. The maximum Gasteiger partial charge on any atom is 0.344 e. The van der Waals surface area contributed by atoms with Crippen LogP contribution in [0.2, 0.25) is 5.02 Å². The van der Waals surface area contributed by atoms with Crippen molar-refractivity contribution >= 4 is 66.5 Å². The molecule has 2 aromatic carbocycles. The molecular weight excluding hydrogens is 529 g/mol. The van der Waals surface area contributed by atoms with E-state index in [4.69, 9.17) is 21.4 Å². The highest BCUT2D eigenvalue weighted by molar-refractivity contribution is 9.10. The summed E-state index contributed by atoms with van der Waals surface area (Å²) in [6.07, 6.45) is 0.282. The molecule has 0 saturated heterocycles. The van der Waals surface area contributed by atoms with E-state index in [-0.39, 0.29) is 11.3 Å². The number of carboxylic acids is 1. The quantitative estimate of drug-likeness (QED) is 0.474. The molecule has 3 rings (SSSR count). The molecule has 0 aliphatic rings. The number of carboxylic acid groups (broad SMARTS) is 1. The van der Waals surface area contributed by atoms with E-state index in [0.29, 0.717) is 31.8 Å². The fourth-order valence-electron chi connectivity index (χ4n) is 2.54. The SMILES string of the molecule is Cc1nc2ccc(Br)cc2c(=O)n1N=Cc1cc(Cl)cc(Br)c1O[C@H](C)C(=O)O. The maximum absolute atomic E-state index is 12.9. The number of rotatable bonds is 5. The average molecular weight is 544 g/mol. The Bertz CT molecular complexity index is 1210. The summed E-state index contributed by atoms with van der Waals surface area (Å²) < 4.78 is 7.90. The zero-order valence-corrected chi connectivity index (χ0v) is 19.1. The Morgan fingerprint density at radius 1 is 1.34 bits per heavy atom. The van der Waals surface area contributed by atoms with Gasteiger partial charge in [-0.2, -0.15) is 9.78 Å². The van der Waals surface area contributed by atoms with Crippen molar-refractivity contribution in [3.63, 3.8) is 0 Å². The Labute approximate surface area is 187 Å². The third kappa shape index (κ3) is 4.68. The number of carbonyl (C=O) groups is 1. The molecule has 0 amide bonds. The van der Waals surface area contributed by atoms with E-state index in [2.05, 4.69) is 41.9 Å². The lowest BCUT2D eigenvalue weighted by Crippen LogP contribution is -2.24. The molecule has 0 aliphatic heterocycles. The van der Waals surface area contributed by atoms with Crippen molar-refractivity contribution in [2.45, 2.75) is 20.0 Å². The van der Waals surface area contributed by atoms with Crippen LogP contribution in [0.4, 0.5) is 0 Å². The summed E-state index contributed by atoms with van der Waals surface area (Å²) in [6, 6.07) is 8.36. The van der Waals surface area contributed by atoms with Crippen LogP contribution in [0.1, 0.15) is 18.3 Å². The van der Waals surface area contributed by atoms with Gasteiger partial charge in [0.25, 0.3) is 5.56 Å². The van der Waals surface area contributed by atoms with Crippen LogP contribution >= 0.6 is 43.5 Å². The topological polar surface area (TPSA) is 93.8 Å². The van der Waals surface area contributed by atoms with Crippen LogP contribution in [0.15, 0.2) is 49.2 Å². The summed E-state index contributed by atoms with van der Waals surface area (Å²) in [5.41, 5.74) is 0.623. The summed E-state index contributed by atoms with van der Waals surface area (Å²) in [5, 5.41) is 14.2. The number of ether oxygens (including phenoxy) is 1. The van der Waals surface area contributed by atoms with Crippen LogP contribution < -0.4 is 10.3 Å². The van der Waals surface area contributed by atoms with Crippen LogP contribution in [-0.2, 0) is 4.79 Å². The van der Waals surface area contributed by atoms with E-state index in [9.17, 15) is 9.59 Å². The van der Waals surface area contributed by atoms with E-state index in [0.717, 1.165) is 9.15 Å². The van der Waals surface area contributed by atoms with Gasteiger partial charge < -0.3 is 9.84 Å². The third-order valence-corrected chi connectivity index (χ3v) is 5.26. The fourth-order valence-corrected chi connectivity index (χ4v) is 3.83. The molecular formula is C19H14Br2ClN3O4. The fraction of sp³-hybridized carbons (Fsp3) is 0.158. The highest BCUT2D eigenvalue weighted by atomic mass is 79.9. The van der Waals surface area contributed by atoms with Crippen molar-refractivity contribution in [1.82, 2.24) is 9.66 Å². The molecule has 1 N–H and O–H groups in total. The van der Waals surface area contributed by atoms with Gasteiger partial charge in [-0.25, -0.2) is 9.78 Å². The van der Waals surface area contributed by atoms with E-state index < -0.39 is 12.1 Å². The summed E-state index contributed by atoms with van der Waals surface area (Å²) in [6.45, 7) is 3.07. The first-order valence-electron chi connectivity index (χ1n) is 8.29. The lowest BCUT2D eigenvalue weighted by atomic mass is 10.2. The second-order valence-corrected chi connectivity index (χ2v) is 8.29. The van der Waals surface area contributed by atoms with Gasteiger partial charge in [-0.3, -0.25) is 4.79 Å². The molecule has 1 atom stereocenters. The largest absolute Gasteiger partial charge is 0.479 e. The summed E-state index contributed by atoms with van der Waals surface area (Å²) >= 11 is 12.8. The number of halogens is 3. The molecule has 0 saturated carbocycles. The predicted octanol–water partition coefficient (Wildman–Crippen LogP) is 4.62. The third-order valence-electron chi connectivity index (χ3n) is 3.96. The minimum absolute atomic E-state index is 0.246. The van der Waals surface area contributed by atoms with Gasteiger partial charge in [0.05, 0.1) is 21.6 Å². The van der Waals surface area contributed by atoms with Crippen LogP contribution in [0.3, 0.4) is 0 Å². The smallest absolute Gasteiger partial charge is 0.344 e. The van der Waals surface area contributed by atoms with E-state index in [1.165, 1.54) is 13.1 Å². The Kier molecular flexibility index (Phi) is 6.40. The van der Waals surface area contributed by atoms with Crippen LogP contribution in [0, 0.1) is 6.92 Å². The molecule has 7 nitrogen and oxygen atoms in total. The lowest BCUT2D eigenvalue weighted by molar-refractivity contribution is -0.144. The first kappa shape index (κ1) is 21.5. The number of benzene rings is 2. The van der Waals surface area contributed by atoms with Crippen molar-refractivity contribution in [2.75, 3.05) is 0 Å². The van der Waals surface area contributed by atoms with Crippen LogP contribution in [-0.4, -0.2) is 33.1 Å². The molecule has 29 heavy (non-hydrogen) atoms. The van der Waals surface area contributed by atoms with Crippen LogP contribution in [0.25, 0.3) is 10.9 Å². The molecule has 150 valence electrons. The van der Waals surface area contributed by atoms with Gasteiger partial charge in [-0.1, -0.05) is 27.5 Å². The Balaban J connectivity index is 2.11. The van der Waals surface area contributed by atoms with Crippen LogP contribution in [0.5, 0.6) is 5.75 Å². The second kappa shape index (κ2) is 8.64. The number of nitrogens with zero attached hydrogens (tertiary/aromatic N) is 3. The highest BCUT2D eigenvalue weighted by Crippen LogP contribution is 2.32. The Morgan fingerprint density at radius 2 is 2.07 bits per heavy atom. The Morgan fingerprint density at radius 3 is 2.76 bits per heavy atom. The highest BCUT2D eigenvalue weighted by Gasteiger charge is 2.18. The first-order chi connectivity index (χ1) is 13.7. The molecule has 0 radical (unpaired) electrons. The monoisotopic (exact) mass is 541 g/mol. The molecule has 10 heteroatoms. The van der Waals surface area contributed by atoms with Gasteiger partial charge in [0.15, 0.2) is 6.10 Å². The predicted molar refractivity (Wildman–Crippen MR) is 118 cm³/mol. The van der Waals surface area contributed by atoms with Gasteiger partial charge >= 0.3 is 5.97 Å². The number of hydrogen-bond acceptors (Lipinski definition) is 5. The van der Waals surface area contributed by atoms with Crippen molar-refractivity contribution in [2.24, 2.45) is 5.10 Å². The number of aliphatic carboxylic acids is 1. The zero-order chi connectivity index (χ0) is 21.3. The van der Waals surface area contributed by atoms with E-state index >= 15 is 0 Å². The number of aromatic nitrogens is 2. The van der Waals surface area contributed by atoms with Gasteiger partial charge in [0.1, 0.15) is 11.6 Å². The van der Waals surface area contributed by atoms with Gasteiger partial charge in [-0.15, -0.1) is 0 Å². The molecule has 1 heterocycles. The normalized spacial score (nSPS) is 12.4. The molecule has 0 aliphatic carbocycles. The van der Waals surface area contributed by atoms with Gasteiger partial charge in [-0.05, 0) is 60.1 Å². The molecule has 0 bridgehead atoms. The molecule has 0 spiro atoms. The summed E-state index contributed by atoms with van der Waals surface area (Å²) in [4.78, 5) is 28.4. The summed E-state index contributed by atoms with van der Waals surface area (Å²) in [5.74, 6) is -0.482. The molecule has 1 aromatic heterocycles. The standard InChI is InChI=1S/C19H14Br2ClN3O4/c1-9(19(27)28)29-17-11(5-13(22)7-15(17)21)8-23-25-10(2)24-16-4-3-12(20)6-14(16)18(25)26/h3-9H,1-2H3,(H,27,28)/t9-/m1/s1. The van der Waals surface area contributed by atoms with Gasteiger partial charge in [0.2, 0.25) is 0 Å². The van der Waals surface area contributed by atoms with Crippen molar-refractivity contribution in [3.8, 4) is 5.75 Å².